The first-order valence-electron chi connectivity index (χ1n) is 6.18. The zero-order valence-electron chi connectivity index (χ0n) is 11.9. The molecule has 0 radical (unpaired) electrons. The summed E-state index contributed by atoms with van der Waals surface area (Å²) in [6, 6.07) is 5.63. The van der Waals surface area contributed by atoms with Crippen molar-refractivity contribution >= 4 is 5.97 Å². The van der Waals surface area contributed by atoms with Crippen molar-refractivity contribution in [1.29, 1.82) is 0 Å². The molecule has 5 heteroatoms. The summed E-state index contributed by atoms with van der Waals surface area (Å²) < 4.78 is 15.4. The van der Waals surface area contributed by atoms with Gasteiger partial charge in [0.1, 0.15) is 0 Å². The Bertz CT molecular complexity index is 418. The number of ether oxygens (including phenoxy) is 3. The fraction of sp³-hybridized carbons (Fsp3) is 0.500. The second-order valence-corrected chi connectivity index (χ2v) is 4.33. The molecule has 0 fully saturated rings. The van der Waals surface area contributed by atoms with E-state index in [1.54, 1.807) is 14.2 Å². The number of esters is 1. The summed E-state index contributed by atoms with van der Waals surface area (Å²) in [6.45, 7) is 4.40. The molecule has 0 unspecified atom stereocenters. The van der Waals surface area contributed by atoms with Crippen LogP contribution in [0.5, 0.6) is 11.5 Å². The normalized spacial score (nSPS) is 10.4. The molecule has 0 aliphatic heterocycles. The van der Waals surface area contributed by atoms with E-state index in [0.29, 0.717) is 18.0 Å². The zero-order chi connectivity index (χ0) is 14.3. The van der Waals surface area contributed by atoms with Gasteiger partial charge in [-0.15, -0.1) is 0 Å². The predicted molar refractivity (Wildman–Crippen MR) is 72.5 cm³/mol. The molecule has 0 amide bonds. The van der Waals surface area contributed by atoms with Gasteiger partial charge in [-0.2, -0.15) is 0 Å². The minimum Gasteiger partial charge on any atom is -0.493 e. The van der Waals surface area contributed by atoms with Crippen LogP contribution in [0.3, 0.4) is 0 Å². The molecule has 0 spiro atoms. The third-order valence-electron chi connectivity index (χ3n) is 2.41. The lowest BCUT2D eigenvalue weighted by Crippen LogP contribution is -2.26. The van der Waals surface area contributed by atoms with Gasteiger partial charge >= 0.3 is 5.97 Å². The molecule has 0 aliphatic rings. The molecule has 0 saturated heterocycles. The molecular formula is C14H21NO4. The van der Waals surface area contributed by atoms with Gasteiger partial charge in [-0.05, 0) is 31.5 Å². The fourth-order valence-electron chi connectivity index (χ4n) is 1.60. The smallest absolute Gasteiger partial charge is 0.320 e. The minimum atomic E-state index is -0.254. The van der Waals surface area contributed by atoms with E-state index in [1.807, 2.05) is 32.0 Å². The maximum atomic E-state index is 11.3. The highest BCUT2D eigenvalue weighted by atomic mass is 16.5. The van der Waals surface area contributed by atoms with Gasteiger partial charge in [0.05, 0.1) is 26.9 Å². The summed E-state index contributed by atoms with van der Waals surface area (Å²) >= 11 is 0. The van der Waals surface area contributed by atoms with Gasteiger partial charge in [0.15, 0.2) is 11.5 Å². The van der Waals surface area contributed by atoms with E-state index in [2.05, 4.69) is 5.32 Å². The van der Waals surface area contributed by atoms with Crippen molar-refractivity contribution < 1.29 is 19.0 Å². The molecule has 1 aromatic rings. The van der Waals surface area contributed by atoms with Crippen molar-refractivity contribution in [1.82, 2.24) is 5.32 Å². The molecule has 19 heavy (non-hydrogen) atoms. The Labute approximate surface area is 113 Å². The monoisotopic (exact) mass is 267 g/mol. The third kappa shape index (κ3) is 5.18. The maximum Gasteiger partial charge on any atom is 0.320 e. The van der Waals surface area contributed by atoms with E-state index in [0.717, 1.165) is 5.56 Å². The first-order valence-corrected chi connectivity index (χ1v) is 6.18. The Morgan fingerprint density at radius 2 is 1.89 bits per heavy atom. The fourth-order valence-corrected chi connectivity index (χ4v) is 1.60. The number of benzene rings is 1. The van der Waals surface area contributed by atoms with Crippen molar-refractivity contribution in [3.05, 3.63) is 23.8 Å². The highest BCUT2D eigenvalue weighted by Crippen LogP contribution is 2.27. The topological polar surface area (TPSA) is 56.8 Å². The van der Waals surface area contributed by atoms with Crippen molar-refractivity contribution in [2.45, 2.75) is 26.5 Å². The minimum absolute atomic E-state index is 0.0876. The van der Waals surface area contributed by atoms with Gasteiger partial charge < -0.3 is 19.5 Å². The van der Waals surface area contributed by atoms with Crippen molar-refractivity contribution in [3.63, 3.8) is 0 Å². The number of carbonyl (C=O) groups is 1. The lowest BCUT2D eigenvalue weighted by Gasteiger charge is -2.11. The number of hydrogen-bond acceptors (Lipinski definition) is 5. The molecule has 106 valence electrons. The van der Waals surface area contributed by atoms with Crippen molar-refractivity contribution in [2.75, 3.05) is 20.8 Å². The van der Waals surface area contributed by atoms with Crippen LogP contribution in [0.25, 0.3) is 0 Å². The van der Waals surface area contributed by atoms with Crippen LogP contribution in [0.4, 0.5) is 0 Å². The quantitative estimate of drug-likeness (QED) is 0.763. The summed E-state index contributed by atoms with van der Waals surface area (Å²) in [4.78, 5) is 11.3. The van der Waals surface area contributed by atoms with E-state index < -0.39 is 0 Å². The average molecular weight is 267 g/mol. The van der Waals surface area contributed by atoms with Gasteiger partial charge in [-0.25, -0.2) is 0 Å². The number of hydrogen-bond donors (Lipinski definition) is 1. The molecule has 0 saturated carbocycles. The van der Waals surface area contributed by atoms with Crippen molar-refractivity contribution in [2.24, 2.45) is 0 Å². The first-order chi connectivity index (χ1) is 9.06. The summed E-state index contributed by atoms with van der Waals surface area (Å²) in [6.07, 6.45) is -0.0876. The predicted octanol–water partition coefficient (Wildman–Crippen LogP) is 1.74. The lowest BCUT2D eigenvalue weighted by atomic mass is 10.2. The largest absolute Gasteiger partial charge is 0.493 e. The van der Waals surface area contributed by atoms with Crippen LogP contribution in [-0.4, -0.2) is 32.8 Å². The Morgan fingerprint density at radius 3 is 2.47 bits per heavy atom. The Morgan fingerprint density at radius 1 is 1.21 bits per heavy atom. The van der Waals surface area contributed by atoms with E-state index in [1.165, 1.54) is 0 Å². The van der Waals surface area contributed by atoms with Crippen molar-refractivity contribution in [3.8, 4) is 11.5 Å². The van der Waals surface area contributed by atoms with E-state index in [9.17, 15) is 4.79 Å². The Balaban J connectivity index is 2.47. The third-order valence-corrected chi connectivity index (χ3v) is 2.41. The summed E-state index contributed by atoms with van der Waals surface area (Å²) in [7, 11) is 3.19. The summed E-state index contributed by atoms with van der Waals surface area (Å²) in [5.41, 5.74) is 1.01. The van der Waals surface area contributed by atoms with Gasteiger partial charge in [-0.1, -0.05) is 6.07 Å². The maximum absolute atomic E-state index is 11.3. The first kappa shape index (κ1) is 15.3. The van der Waals surface area contributed by atoms with E-state index in [4.69, 9.17) is 14.2 Å². The van der Waals surface area contributed by atoms with Gasteiger partial charge in [0.2, 0.25) is 0 Å². The molecule has 0 bridgehead atoms. The number of methoxy groups -OCH3 is 2. The highest BCUT2D eigenvalue weighted by Gasteiger charge is 2.07. The van der Waals surface area contributed by atoms with Crippen LogP contribution in [0.2, 0.25) is 0 Å². The number of carbonyl (C=O) groups excluding carboxylic acids is 1. The second-order valence-electron chi connectivity index (χ2n) is 4.33. The number of nitrogens with one attached hydrogen (secondary N) is 1. The van der Waals surface area contributed by atoms with Crippen LogP contribution >= 0.6 is 0 Å². The van der Waals surface area contributed by atoms with E-state index >= 15 is 0 Å². The van der Waals surface area contributed by atoms with Crippen LogP contribution in [0, 0.1) is 0 Å². The van der Waals surface area contributed by atoms with Crippen LogP contribution in [0.15, 0.2) is 18.2 Å². The summed E-state index contributed by atoms with van der Waals surface area (Å²) in [5.74, 6) is 1.10. The standard InChI is InChI=1S/C14H21NO4/c1-10(2)19-14(16)9-15-8-11-5-6-12(17-3)13(7-11)18-4/h5-7,10,15H,8-9H2,1-4H3. The zero-order valence-corrected chi connectivity index (χ0v) is 11.9. The molecule has 0 aromatic heterocycles. The summed E-state index contributed by atoms with van der Waals surface area (Å²) in [5, 5.41) is 3.02. The molecule has 0 aliphatic carbocycles. The van der Waals surface area contributed by atoms with Gasteiger partial charge in [-0.3, -0.25) is 4.79 Å². The van der Waals surface area contributed by atoms with Crippen LogP contribution in [0.1, 0.15) is 19.4 Å². The lowest BCUT2D eigenvalue weighted by molar-refractivity contribution is -0.146. The molecule has 0 atom stereocenters. The second kappa shape index (κ2) is 7.63. The number of rotatable bonds is 7. The van der Waals surface area contributed by atoms with Crippen LogP contribution in [-0.2, 0) is 16.1 Å². The SMILES string of the molecule is COc1ccc(CNCC(=O)OC(C)C)cc1OC. The van der Waals surface area contributed by atoms with Gasteiger partial charge in [0, 0.05) is 6.54 Å². The van der Waals surface area contributed by atoms with Crippen LogP contribution < -0.4 is 14.8 Å². The molecule has 5 nitrogen and oxygen atoms in total. The molecule has 1 N–H and O–H groups in total. The Hall–Kier alpha value is -1.75. The van der Waals surface area contributed by atoms with Gasteiger partial charge in [0.25, 0.3) is 0 Å². The van der Waals surface area contributed by atoms with E-state index in [-0.39, 0.29) is 18.6 Å². The molecule has 1 rings (SSSR count). The molecule has 0 heterocycles. The average Bonchev–Trinajstić information content (AvgIpc) is 2.37. The molecular weight excluding hydrogens is 246 g/mol. The highest BCUT2D eigenvalue weighted by molar-refractivity contribution is 5.71. The Kier molecular flexibility index (Phi) is 6.15. The molecule has 1 aromatic carbocycles.